The van der Waals surface area contributed by atoms with Crippen molar-refractivity contribution in [3.63, 3.8) is 0 Å². The first-order chi connectivity index (χ1) is 18.7. The van der Waals surface area contributed by atoms with Crippen LogP contribution in [0.3, 0.4) is 0 Å². The molecule has 2 aliphatic rings. The Labute approximate surface area is 236 Å². The first kappa shape index (κ1) is 31.2. The molecule has 9 nitrogen and oxygen atoms in total. The van der Waals surface area contributed by atoms with E-state index in [2.05, 4.69) is 32.9 Å². The van der Waals surface area contributed by atoms with Crippen LogP contribution in [0, 0.1) is 11.3 Å². The van der Waals surface area contributed by atoms with E-state index in [1.165, 1.54) is 22.1 Å². The third-order valence-corrected chi connectivity index (χ3v) is 8.20. The summed E-state index contributed by atoms with van der Waals surface area (Å²) in [5.74, 6) is -3.34. The summed E-state index contributed by atoms with van der Waals surface area (Å²) in [4.78, 5) is 37.9. The molecule has 1 aromatic carbocycles. The number of aliphatic hydroxyl groups is 1. The maximum absolute atomic E-state index is 13.3. The van der Waals surface area contributed by atoms with Crippen LogP contribution in [0.4, 0.5) is 0 Å². The maximum Gasteiger partial charge on any atom is 0.326 e. The zero-order chi connectivity index (χ0) is 29.8. The molecular weight excluding hydrogens is 514 g/mol. The van der Waals surface area contributed by atoms with Gasteiger partial charge in [0, 0.05) is 23.1 Å². The summed E-state index contributed by atoms with van der Waals surface area (Å²) in [6.07, 6.45) is 7.64. The van der Waals surface area contributed by atoms with Crippen LogP contribution < -0.4 is 4.74 Å². The molecular formula is C31H43NO8. The zero-order valence-electron chi connectivity index (χ0n) is 24.2. The fraction of sp³-hybridized carbons (Fsp3) is 0.581. The number of hydrogen-bond donors (Lipinski definition) is 4. The molecule has 40 heavy (non-hydrogen) atoms. The summed E-state index contributed by atoms with van der Waals surface area (Å²) >= 11 is 0. The van der Waals surface area contributed by atoms with Crippen molar-refractivity contribution >= 4 is 17.8 Å². The highest BCUT2D eigenvalue weighted by Crippen LogP contribution is 2.49. The van der Waals surface area contributed by atoms with Crippen LogP contribution in [0.5, 0.6) is 11.5 Å². The minimum absolute atomic E-state index is 0.0428. The average Bonchev–Trinajstić information content (AvgIpc) is 3.18. The SMILES string of the molecule is CC(C)=CCCC(C)=CCC[C@]1(C)Cc2c3c(cc(O)c2O[C@@H]1O)C(=O)N(C(CCCC(C)C(=O)O)C(=O)O)C3. The molecule has 0 radical (unpaired) electrons. The Morgan fingerprint density at radius 2 is 1.82 bits per heavy atom. The molecule has 0 spiro atoms. The Morgan fingerprint density at radius 3 is 2.45 bits per heavy atom. The minimum atomic E-state index is -1.16. The van der Waals surface area contributed by atoms with Gasteiger partial charge in [0.15, 0.2) is 11.5 Å². The number of ether oxygens (including phenoxy) is 1. The molecule has 4 atom stereocenters. The molecule has 2 aliphatic heterocycles. The first-order valence-electron chi connectivity index (χ1n) is 14.0. The smallest absolute Gasteiger partial charge is 0.326 e. The van der Waals surface area contributed by atoms with Crippen molar-refractivity contribution in [2.24, 2.45) is 11.3 Å². The molecule has 0 bridgehead atoms. The van der Waals surface area contributed by atoms with Gasteiger partial charge in [0.2, 0.25) is 6.29 Å². The molecule has 220 valence electrons. The van der Waals surface area contributed by atoms with Crippen molar-refractivity contribution in [1.29, 1.82) is 0 Å². The summed E-state index contributed by atoms with van der Waals surface area (Å²) < 4.78 is 5.82. The van der Waals surface area contributed by atoms with Crippen LogP contribution in [0.1, 0.15) is 101 Å². The summed E-state index contributed by atoms with van der Waals surface area (Å²) in [5.41, 5.74) is 3.34. The summed E-state index contributed by atoms with van der Waals surface area (Å²) in [6.45, 7) is 9.78. The van der Waals surface area contributed by atoms with Crippen LogP contribution in [-0.4, -0.2) is 55.5 Å². The van der Waals surface area contributed by atoms with E-state index in [4.69, 9.17) is 9.84 Å². The molecule has 1 amide bonds. The lowest BCUT2D eigenvalue weighted by Crippen LogP contribution is -2.42. The van der Waals surface area contributed by atoms with Crippen LogP contribution >= 0.6 is 0 Å². The molecule has 2 heterocycles. The second-order valence-corrected chi connectivity index (χ2v) is 11.9. The van der Waals surface area contributed by atoms with Gasteiger partial charge in [0.25, 0.3) is 5.91 Å². The number of phenolic OH excluding ortho intramolecular Hbond substituents is 1. The van der Waals surface area contributed by atoms with Crippen molar-refractivity contribution in [3.05, 3.63) is 46.1 Å². The normalized spacial score (nSPS) is 21.8. The number of carboxylic acids is 2. The van der Waals surface area contributed by atoms with Crippen molar-refractivity contribution in [2.45, 2.75) is 105 Å². The van der Waals surface area contributed by atoms with Gasteiger partial charge < -0.3 is 30.1 Å². The Morgan fingerprint density at radius 1 is 1.12 bits per heavy atom. The molecule has 0 saturated heterocycles. The number of carbonyl (C=O) groups is 3. The fourth-order valence-corrected chi connectivity index (χ4v) is 5.53. The first-order valence-corrected chi connectivity index (χ1v) is 14.0. The summed E-state index contributed by atoms with van der Waals surface area (Å²) in [5, 5.41) is 40.6. The number of carbonyl (C=O) groups excluding carboxylic acids is 1. The molecule has 0 aliphatic carbocycles. The highest BCUT2D eigenvalue weighted by molar-refractivity contribution is 6.01. The van der Waals surface area contributed by atoms with E-state index in [1.54, 1.807) is 6.92 Å². The van der Waals surface area contributed by atoms with E-state index in [1.807, 2.05) is 6.92 Å². The predicted molar refractivity (Wildman–Crippen MR) is 150 cm³/mol. The van der Waals surface area contributed by atoms with Gasteiger partial charge >= 0.3 is 11.9 Å². The molecule has 3 rings (SSSR count). The Hall–Kier alpha value is -3.33. The Kier molecular flexibility index (Phi) is 10.1. The van der Waals surface area contributed by atoms with E-state index < -0.39 is 41.5 Å². The van der Waals surface area contributed by atoms with Crippen LogP contribution in [-0.2, 0) is 22.6 Å². The number of hydrogen-bond acceptors (Lipinski definition) is 6. The number of phenols is 1. The average molecular weight is 558 g/mol. The van der Waals surface area contributed by atoms with Gasteiger partial charge in [-0.15, -0.1) is 0 Å². The number of rotatable bonds is 13. The number of aliphatic hydroxyl groups excluding tert-OH is 1. The standard InChI is InChI=1S/C31H43NO8/c1-18(2)9-6-10-19(3)11-8-14-31(5)16-22-23-17-32(24(29(37)38)13-7-12-20(4)28(35)36)27(34)21(23)15-25(33)26(22)40-30(31)39/h9,11,15,20,24,30,33,39H,6-8,10,12-14,16-17H2,1-5H3,(H,35,36)(H,37,38)/t20?,24?,30-,31+/m0/s1. The number of carboxylic acid groups (broad SMARTS) is 2. The van der Waals surface area contributed by atoms with Crippen LogP contribution in [0.15, 0.2) is 29.4 Å². The molecule has 0 aromatic heterocycles. The van der Waals surface area contributed by atoms with E-state index >= 15 is 0 Å². The number of fused-ring (bicyclic) bond motifs is 3. The summed E-state index contributed by atoms with van der Waals surface area (Å²) in [6, 6.07) is 0.162. The highest BCUT2D eigenvalue weighted by atomic mass is 16.6. The van der Waals surface area contributed by atoms with Gasteiger partial charge in [-0.1, -0.05) is 37.1 Å². The maximum atomic E-state index is 13.3. The van der Waals surface area contributed by atoms with E-state index in [9.17, 15) is 29.7 Å². The van der Waals surface area contributed by atoms with Crippen molar-refractivity contribution < 1.29 is 39.5 Å². The lowest BCUT2D eigenvalue weighted by Gasteiger charge is -2.40. The van der Waals surface area contributed by atoms with Gasteiger partial charge in [0.05, 0.1) is 5.92 Å². The number of benzene rings is 1. The van der Waals surface area contributed by atoms with Gasteiger partial charge in [-0.25, -0.2) is 4.79 Å². The number of aromatic hydroxyl groups is 1. The predicted octanol–water partition coefficient (Wildman–Crippen LogP) is 5.42. The second-order valence-electron chi connectivity index (χ2n) is 11.9. The Bertz CT molecular complexity index is 1200. The van der Waals surface area contributed by atoms with Gasteiger partial charge in [-0.3, -0.25) is 9.59 Å². The molecule has 0 fully saturated rings. The van der Waals surface area contributed by atoms with Gasteiger partial charge in [-0.2, -0.15) is 0 Å². The molecule has 2 unspecified atom stereocenters. The molecule has 4 N–H and O–H groups in total. The zero-order valence-corrected chi connectivity index (χ0v) is 24.2. The molecule has 0 saturated carbocycles. The number of aliphatic carboxylic acids is 2. The lowest BCUT2D eigenvalue weighted by molar-refractivity contribution is -0.142. The number of amides is 1. The molecule has 1 aromatic rings. The van der Waals surface area contributed by atoms with Gasteiger partial charge in [0.1, 0.15) is 6.04 Å². The van der Waals surface area contributed by atoms with E-state index in [-0.39, 0.29) is 30.0 Å². The lowest BCUT2D eigenvalue weighted by atomic mass is 9.75. The van der Waals surface area contributed by atoms with Crippen molar-refractivity contribution in [3.8, 4) is 11.5 Å². The van der Waals surface area contributed by atoms with Crippen LogP contribution in [0.2, 0.25) is 0 Å². The molecule has 9 heteroatoms. The second kappa shape index (κ2) is 12.9. The third-order valence-electron chi connectivity index (χ3n) is 8.20. The van der Waals surface area contributed by atoms with Gasteiger partial charge in [-0.05, 0) is 83.8 Å². The van der Waals surface area contributed by atoms with Crippen LogP contribution in [0.25, 0.3) is 0 Å². The number of nitrogens with zero attached hydrogens (tertiary/aromatic N) is 1. The fourth-order valence-electron chi connectivity index (χ4n) is 5.53. The van der Waals surface area contributed by atoms with Crippen molar-refractivity contribution in [2.75, 3.05) is 0 Å². The largest absolute Gasteiger partial charge is 0.504 e. The highest BCUT2D eigenvalue weighted by Gasteiger charge is 2.45. The summed E-state index contributed by atoms with van der Waals surface area (Å²) in [7, 11) is 0. The van der Waals surface area contributed by atoms with E-state index in [0.717, 1.165) is 19.3 Å². The monoisotopic (exact) mass is 557 g/mol. The van der Waals surface area contributed by atoms with Crippen molar-refractivity contribution in [1.82, 2.24) is 4.90 Å². The third kappa shape index (κ3) is 7.05. The Balaban J connectivity index is 1.79. The quantitative estimate of drug-likeness (QED) is 0.235. The minimum Gasteiger partial charge on any atom is -0.504 e. The van der Waals surface area contributed by atoms with E-state index in [0.29, 0.717) is 36.8 Å². The topological polar surface area (TPSA) is 145 Å². The number of allylic oxidation sites excluding steroid dienone is 4.